The molecule has 1 aromatic carbocycles. The van der Waals surface area contributed by atoms with Crippen LogP contribution in [0.2, 0.25) is 0 Å². The molecule has 0 spiro atoms. The maximum absolute atomic E-state index is 11.6. The van der Waals surface area contributed by atoms with Gasteiger partial charge in [0.15, 0.2) is 5.78 Å². The van der Waals surface area contributed by atoms with E-state index in [1.165, 1.54) is 0 Å². The van der Waals surface area contributed by atoms with Crippen molar-refractivity contribution in [1.29, 1.82) is 5.26 Å². The lowest BCUT2D eigenvalue weighted by molar-refractivity contribution is -0.122. The van der Waals surface area contributed by atoms with E-state index in [-0.39, 0.29) is 12.2 Å². The first-order chi connectivity index (χ1) is 6.59. The van der Waals surface area contributed by atoms with Crippen molar-refractivity contribution in [2.45, 2.75) is 25.7 Å². The predicted molar refractivity (Wildman–Crippen MR) is 54.7 cm³/mol. The zero-order valence-electron chi connectivity index (χ0n) is 8.45. The Kier molecular flexibility index (Phi) is 3.03. The number of rotatable bonds is 3. The Labute approximate surface area is 84.2 Å². The van der Waals surface area contributed by atoms with Gasteiger partial charge in [-0.1, -0.05) is 30.3 Å². The molecule has 72 valence electrons. The molecule has 0 radical (unpaired) electrons. The summed E-state index contributed by atoms with van der Waals surface area (Å²) in [6.45, 7) is 3.70. The van der Waals surface area contributed by atoms with E-state index in [0.29, 0.717) is 0 Å². The summed E-state index contributed by atoms with van der Waals surface area (Å²) in [6, 6.07) is 11.4. The molecule has 14 heavy (non-hydrogen) atoms. The van der Waals surface area contributed by atoms with Crippen LogP contribution in [0.15, 0.2) is 30.3 Å². The Hall–Kier alpha value is -1.62. The monoisotopic (exact) mass is 187 g/mol. The van der Waals surface area contributed by atoms with Gasteiger partial charge in [-0.15, -0.1) is 0 Å². The first kappa shape index (κ1) is 10.5. The summed E-state index contributed by atoms with van der Waals surface area (Å²) in [4.78, 5) is 11.6. The number of ketones is 1. The van der Waals surface area contributed by atoms with Crippen LogP contribution < -0.4 is 0 Å². The highest BCUT2D eigenvalue weighted by Crippen LogP contribution is 2.24. The SMILES string of the molecule is CC(C)(C(=O)CC#N)c1ccccc1. The lowest BCUT2D eigenvalue weighted by atomic mass is 9.80. The number of carbonyl (C=O) groups excluding carboxylic acids is 1. The van der Waals surface area contributed by atoms with Crippen LogP contribution in [0.4, 0.5) is 0 Å². The van der Waals surface area contributed by atoms with E-state index in [9.17, 15) is 4.79 Å². The fourth-order valence-corrected chi connectivity index (χ4v) is 1.31. The molecule has 0 heterocycles. The molecule has 2 nitrogen and oxygen atoms in total. The van der Waals surface area contributed by atoms with Gasteiger partial charge >= 0.3 is 0 Å². The van der Waals surface area contributed by atoms with Crippen molar-refractivity contribution in [3.63, 3.8) is 0 Å². The molecule has 0 unspecified atom stereocenters. The summed E-state index contributed by atoms with van der Waals surface area (Å²) in [7, 11) is 0. The molecule has 0 saturated heterocycles. The van der Waals surface area contributed by atoms with Gasteiger partial charge in [-0.2, -0.15) is 5.26 Å². The molecule has 0 N–H and O–H groups in total. The molecular weight excluding hydrogens is 174 g/mol. The topological polar surface area (TPSA) is 40.9 Å². The van der Waals surface area contributed by atoms with Crippen LogP contribution in [0, 0.1) is 11.3 Å². The molecule has 0 aliphatic carbocycles. The molecule has 0 saturated carbocycles. The normalized spacial score (nSPS) is 10.6. The fraction of sp³-hybridized carbons (Fsp3) is 0.333. The quantitative estimate of drug-likeness (QED) is 0.729. The first-order valence-electron chi connectivity index (χ1n) is 4.55. The average molecular weight is 187 g/mol. The Morgan fingerprint density at radius 1 is 1.36 bits per heavy atom. The number of Topliss-reactive ketones (excluding diaryl/α,β-unsaturated/α-hetero) is 1. The lowest BCUT2D eigenvalue weighted by Crippen LogP contribution is -2.28. The summed E-state index contributed by atoms with van der Waals surface area (Å²) in [6.07, 6.45) is -0.0259. The van der Waals surface area contributed by atoms with E-state index in [4.69, 9.17) is 5.26 Å². The molecule has 1 rings (SSSR count). The Bertz CT molecular complexity index is 360. The van der Waals surface area contributed by atoms with Gasteiger partial charge in [0.2, 0.25) is 0 Å². The van der Waals surface area contributed by atoms with E-state index >= 15 is 0 Å². The maximum Gasteiger partial charge on any atom is 0.156 e. The minimum atomic E-state index is -0.559. The molecule has 0 aliphatic heterocycles. The number of nitriles is 1. The minimum absolute atomic E-state index is 0.0259. The highest BCUT2D eigenvalue weighted by Gasteiger charge is 2.28. The Morgan fingerprint density at radius 3 is 2.43 bits per heavy atom. The Balaban J connectivity index is 2.97. The highest BCUT2D eigenvalue weighted by atomic mass is 16.1. The van der Waals surface area contributed by atoms with Gasteiger partial charge in [0.25, 0.3) is 0 Å². The largest absolute Gasteiger partial charge is 0.298 e. The van der Waals surface area contributed by atoms with Gasteiger partial charge in [0, 0.05) is 5.41 Å². The minimum Gasteiger partial charge on any atom is -0.298 e. The third kappa shape index (κ3) is 2.00. The van der Waals surface area contributed by atoms with E-state index in [1.54, 1.807) is 0 Å². The van der Waals surface area contributed by atoms with Crippen molar-refractivity contribution < 1.29 is 4.79 Å². The highest BCUT2D eigenvalue weighted by molar-refractivity contribution is 5.90. The smallest absolute Gasteiger partial charge is 0.156 e. The molecule has 1 aromatic rings. The summed E-state index contributed by atoms with van der Waals surface area (Å²) < 4.78 is 0. The molecule has 0 aromatic heterocycles. The molecule has 0 aliphatic rings. The number of hydrogen-bond acceptors (Lipinski definition) is 2. The van der Waals surface area contributed by atoms with Gasteiger partial charge in [-0.05, 0) is 19.4 Å². The van der Waals surface area contributed by atoms with Gasteiger partial charge in [0.1, 0.15) is 0 Å². The number of benzene rings is 1. The molecule has 0 atom stereocenters. The van der Waals surface area contributed by atoms with Crippen LogP contribution >= 0.6 is 0 Å². The van der Waals surface area contributed by atoms with Gasteiger partial charge in [-0.25, -0.2) is 0 Å². The van der Waals surface area contributed by atoms with Crippen LogP contribution in [0.25, 0.3) is 0 Å². The number of carbonyl (C=O) groups is 1. The van der Waals surface area contributed by atoms with Gasteiger partial charge in [0.05, 0.1) is 12.5 Å². The van der Waals surface area contributed by atoms with Crippen molar-refractivity contribution in [3.05, 3.63) is 35.9 Å². The van der Waals surface area contributed by atoms with E-state index in [0.717, 1.165) is 5.56 Å². The molecule has 0 amide bonds. The maximum atomic E-state index is 11.6. The van der Waals surface area contributed by atoms with Crippen LogP contribution in [-0.4, -0.2) is 5.78 Å². The van der Waals surface area contributed by atoms with E-state index < -0.39 is 5.41 Å². The van der Waals surface area contributed by atoms with E-state index in [1.807, 2.05) is 50.2 Å². The van der Waals surface area contributed by atoms with Crippen molar-refractivity contribution >= 4 is 5.78 Å². The first-order valence-corrected chi connectivity index (χ1v) is 4.55. The third-order valence-electron chi connectivity index (χ3n) is 2.43. The molecule has 0 bridgehead atoms. The van der Waals surface area contributed by atoms with Crippen molar-refractivity contribution in [3.8, 4) is 6.07 Å². The number of nitrogens with zero attached hydrogens (tertiary/aromatic N) is 1. The van der Waals surface area contributed by atoms with Gasteiger partial charge in [-0.3, -0.25) is 4.79 Å². The molecular formula is C12H13NO. The second kappa shape index (κ2) is 4.06. The Morgan fingerprint density at radius 2 is 1.93 bits per heavy atom. The van der Waals surface area contributed by atoms with Crippen molar-refractivity contribution in [1.82, 2.24) is 0 Å². The zero-order chi connectivity index (χ0) is 10.6. The van der Waals surface area contributed by atoms with E-state index in [2.05, 4.69) is 0 Å². The summed E-state index contributed by atoms with van der Waals surface area (Å²) >= 11 is 0. The van der Waals surface area contributed by atoms with Crippen molar-refractivity contribution in [2.24, 2.45) is 0 Å². The summed E-state index contributed by atoms with van der Waals surface area (Å²) in [5, 5.41) is 8.48. The summed E-state index contributed by atoms with van der Waals surface area (Å²) in [5.41, 5.74) is 0.400. The van der Waals surface area contributed by atoms with Crippen LogP contribution in [0.5, 0.6) is 0 Å². The third-order valence-corrected chi connectivity index (χ3v) is 2.43. The van der Waals surface area contributed by atoms with Crippen LogP contribution in [0.3, 0.4) is 0 Å². The average Bonchev–Trinajstić information content (AvgIpc) is 2.19. The van der Waals surface area contributed by atoms with Crippen molar-refractivity contribution in [2.75, 3.05) is 0 Å². The zero-order valence-corrected chi connectivity index (χ0v) is 8.45. The van der Waals surface area contributed by atoms with Crippen LogP contribution in [-0.2, 0) is 10.2 Å². The fourth-order valence-electron chi connectivity index (χ4n) is 1.31. The second-order valence-electron chi connectivity index (χ2n) is 3.75. The summed E-state index contributed by atoms with van der Waals surface area (Å²) in [5.74, 6) is -0.0359. The number of hydrogen-bond donors (Lipinski definition) is 0. The standard InChI is InChI=1S/C12H13NO/c1-12(2,11(14)8-9-13)10-6-4-3-5-7-10/h3-7H,8H2,1-2H3. The van der Waals surface area contributed by atoms with Gasteiger partial charge < -0.3 is 0 Å². The molecule has 0 fully saturated rings. The predicted octanol–water partition coefficient (Wildman–Crippen LogP) is 2.45. The second-order valence-corrected chi connectivity index (χ2v) is 3.75. The molecule has 2 heteroatoms. The van der Waals surface area contributed by atoms with Crippen LogP contribution in [0.1, 0.15) is 25.8 Å². The lowest BCUT2D eigenvalue weighted by Gasteiger charge is -2.22.